The fourth-order valence-corrected chi connectivity index (χ4v) is 0.447. The zero-order chi connectivity index (χ0) is 9.49. The van der Waals surface area contributed by atoms with Gasteiger partial charge in [0.15, 0.2) is 0 Å². The molecule has 10 heteroatoms. The van der Waals surface area contributed by atoms with Gasteiger partial charge in [-0.2, -0.15) is 8.42 Å². The molecule has 0 aromatic carbocycles. The number of nitrogens with two attached hydrogens (primary N) is 1. The van der Waals surface area contributed by atoms with Crippen molar-refractivity contribution in [1.29, 1.82) is 0 Å². The van der Waals surface area contributed by atoms with Gasteiger partial charge in [-0.05, 0) is 0 Å². The van der Waals surface area contributed by atoms with Crippen LogP contribution in [0.4, 0.5) is 0 Å². The van der Waals surface area contributed by atoms with E-state index in [4.69, 9.17) is 23.6 Å². The van der Waals surface area contributed by atoms with Crippen LogP contribution in [0.25, 0.3) is 0 Å². The third-order valence-electron chi connectivity index (χ3n) is 0.376. The van der Waals surface area contributed by atoms with Crippen LogP contribution >= 0.6 is 0 Å². The molecule has 0 saturated heterocycles. The smallest absolute Gasteiger partial charge is 0.750 e. The van der Waals surface area contributed by atoms with Crippen molar-refractivity contribution in [2.45, 2.75) is 0 Å². The molecule has 12 heavy (non-hydrogen) atoms. The number of rotatable bonds is 2. The molecule has 1 unspecified atom stereocenters. The second-order valence-corrected chi connectivity index (χ2v) is 3.30. The van der Waals surface area contributed by atoms with E-state index in [1.807, 2.05) is 0 Å². The van der Waals surface area contributed by atoms with Crippen LogP contribution in [0.2, 0.25) is 0 Å². The molecule has 70 valence electrons. The molecule has 0 rings (SSSR count). The van der Waals surface area contributed by atoms with Crippen molar-refractivity contribution in [2.75, 3.05) is 12.3 Å². The maximum absolute atomic E-state index is 9.71. The Labute approximate surface area is 94.9 Å². The molecule has 0 aromatic rings. The van der Waals surface area contributed by atoms with E-state index in [9.17, 15) is 8.42 Å². The Morgan fingerprint density at radius 1 is 1.50 bits per heavy atom. The Kier molecular flexibility index (Phi) is 15.6. The maximum Gasteiger partial charge on any atom is 1.00 e. The first-order valence-corrected chi connectivity index (χ1v) is 4.87. The molecule has 7 nitrogen and oxygen atoms in total. The van der Waals surface area contributed by atoms with Crippen LogP contribution in [0.5, 0.6) is 0 Å². The number of hydrogen-bond donors (Lipinski definition) is 3. The van der Waals surface area contributed by atoms with Crippen LogP contribution in [0.15, 0.2) is 0 Å². The quantitative estimate of drug-likeness (QED) is 0.245. The summed E-state index contributed by atoms with van der Waals surface area (Å²) in [5.41, 5.74) is 4.78. The molecule has 0 radical (unpaired) electrons. The summed E-state index contributed by atoms with van der Waals surface area (Å²) in [6, 6.07) is 0. The molecule has 0 heterocycles. The van der Waals surface area contributed by atoms with Crippen molar-refractivity contribution in [2.24, 2.45) is 5.73 Å². The van der Waals surface area contributed by atoms with Gasteiger partial charge in [-0.15, -0.1) is 0 Å². The summed E-state index contributed by atoms with van der Waals surface area (Å²) in [4.78, 5) is 0. The average molecular weight is 229 g/mol. The summed E-state index contributed by atoms with van der Waals surface area (Å²) in [5, 5.41) is 0. The van der Waals surface area contributed by atoms with Crippen LogP contribution in [-0.2, 0) is 21.5 Å². The van der Waals surface area contributed by atoms with Crippen molar-refractivity contribution in [1.82, 2.24) is 0 Å². The van der Waals surface area contributed by atoms with Gasteiger partial charge in [0, 0.05) is 6.54 Å². The van der Waals surface area contributed by atoms with Gasteiger partial charge >= 0.3 is 29.6 Å². The average Bonchev–Trinajstić information content (AvgIpc) is 1.58. The predicted molar refractivity (Wildman–Crippen MR) is 37.0 cm³/mol. The zero-order valence-electron chi connectivity index (χ0n) is 6.34. The Morgan fingerprint density at radius 3 is 1.75 bits per heavy atom. The molecule has 0 aliphatic rings. The van der Waals surface area contributed by atoms with Crippen molar-refractivity contribution < 1.29 is 55.8 Å². The van der Waals surface area contributed by atoms with Crippen molar-refractivity contribution in [3.05, 3.63) is 0 Å². The van der Waals surface area contributed by atoms with Gasteiger partial charge in [0.2, 0.25) is 0 Å². The molecular weight excluding hydrogens is 221 g/mol. The second kappa shape index (κ2) is 10.0. The van der Waals surface area contributed by atoms with E-state index in [1.54, 1.807) is 0 Å². The minimum absolute atomic E-state index is 0. The van der Waals surface area contributed by atoms with Gasteiger partial charge in [-0.3, -0.25) is 4.55 Å². The normalized spacial score (nSPS) is 12.0. The first-order chi connectivity index (χ1) is 4.79. The van der Waals surface area contributed by atoms with Crippen LogP contribution in [0, 0.1) is 0 Å². The molecule has 0 fully saturated rings. The largest absolute Gasteiger partial charge is 1.00 e. The van der Waals surface area contributed by atoms with E-state index in [2.05, 4.69) is 0 Å². The van der Waals surface area contributed by atoms with Crippen LogP contribution in [0.1, 0.15) is 0 Å². The van der Waals surface area contributed by atoms with Gasteiger partial charge < -0.3 is 14.8 Å². The summed E-state index contributed by atoms with van der Waals surface area (Å²) in [5.74, 6) is -0.354. The van der Waals surface area contributed by atoms with Crippen LogP contribution in [0.3, 0.4) is 0 Å². The minimum atomic E-state index is -3.80. The Bertz CT molecular complexity index is 198. The summed E-state index contributed by atoms with van der Waals surface area (Å²) >= 11 is -2.86. The maximum atomic E-state index is 9.71. The van der Waals surface area contributed by atoms with E-state index in [0.717, 1.165) is 0 Å². The molecule has 0 amide bonds. The van der Waals surface area contributed by atoms with E-state index < -0.39 is 21.5 Å². The molecule has 0 spiro atoms. The van der Waals surface area contributed by atoms with E-state index in [0.29, 0.717) is 0 Å². The minimum Gasteiger partial charge on any atom is -0.750 e. The third kappa shape index (κ3) is 44.3. The fraction of sp³-hybridized carbons (Fsp3) is 1.00. The van der Waals surface area contributed by atoms with E-state index in [1.165, 1.54) is 0 Å². The molecule has 4 N–H and O–H groups in total. The SMILES string of the molecule is NCCS(=O)(=O)O.O=S([O-])O.[Na+]. The molecule has 1 atom stereocenters. The topological polar surface area (TPSA) is 141 Å². The van der Waals surface area contributed by atoms with Crippen molar-refractivity contribution in [3.8, 4) is 0 Å². The van der Waals surface area contributed by atoms with Gasteiger partial charge in [0.25, 0.3) is 10.1 Å². The van der Waals surface area contributed by atoms with Crippen LogP contribution in [-0.4, -0.2) is 38.6 Å². The summed E-state index contributed by atoms with van der Waals surface area (Å²) < 4.78 is 51.4. The molecule has 0 aliphatic heterocycles. The summed E-state index contributed by atoms with van der Waals surface area (Å²) in [6.45, 7) is -0.0289. The zero-order valence-corrected chi connectivity index (χ0v) is 9.97. The Balaban J connectivity index is -0.000000142. The van der Waals surface area contributed by atoms with E-state index >= 15 is 0 Å². The molecule has 0 saturated carbocycles. The first-order valence-electron chi connectivity index (χ1n) is 2.23. The first kappa shape index (κ1) is 18.7. The molecular formula is C2H8NNaO6S2. The standard InChI is InChI=1S/C2H7NO3S.Na.H2O3S/c3-1-2-7(4,5)6;;1-4(2)3/h1-3H2,(H,4,5,6);;(H2,1,2,3)/q;+1;/p-1. The van der Waals surface area contributed by atoms with Crippen LogP contribution < -0.4 is 35.3 Å². The van der Waals surface area contributed by atoms with Crippen molar-refractivity contribution >= 4 is 21.5 Å². The summed E-state index contributed by atoms with van der Waals surface area (Å²) in [6.07, 6.45) is 0. The summed E-state index contributed by atoms with van der Waals surface area (Å²) in [7, 11) is -3.80. The monoisotopic (exact) mass is 229 g/mol. The van der Waals surface area contributed by atoms with Gasteiger partial charge in [-0.1, -0.05) is 0 Å². The second-order valence-electron chi connectivity index (χ2n) is 1.29. The number of hydrogen-bond acceptors (Lipinski definition) is 5. The fourth-order valence-electron chi connectivity index (χ4n) is 0.149. The van der Waals surface area contributed by atoms with E-state index in [-0.39, 0.29) is 41.9 Å². The molecule has 0 aliphatic carbocycles. The van der Waals surface area contributed by atoms with Gasteiger partial charge in [0.05, 0.1) is 17.1 Å². The Hall–Kier alpha value is 0.940. The van der Waals surface area contributed by atoms with Gasteiger partial charge in [-0.25, -0.2) is 4.21 Å². The predicted octanol–water partition coefficient (Wildman–Crippen LogP) is -4.82. The third-order valence-corrected chi connectivity index (χ3v) is 1.13. The molecule has 0 aromatic heterocycles. The Morgan fingerprint density at radius 2 is 1.75 bits per heavy atom. The van der Waals surface area contributed by atoms with Gasteiger partial charge in [0.1, 0.15) is 0 Å². The molecule has 0 bridgehead atoms. The van der Waals surface area contributed by atoms with Crippen molar-refractivity contribution in [3.63, 3.8) is 0 Å².